The maximum atomic E-state index is 14.1. The van der Waals surface area contributed by atoms with Gasteiger partial charge in [-0.1, -0.05) is 19.9 Å². The van der Waals surface area contributed by atoms with Crippen LogP contribution in [0.2, 0.25) is 0 Å². The molecule has 1 amide bonds. The molecule has 1 aromatic carbocycles. The smallest absolute Gasteiger partial charge is 0.310 e. The molecular formula is C35H48ClF2N5O6. The first-order chi connectivity index (χ1) is 22.4. The second-order valence-electron chi connectivity index (χ2n) is 14.7. The number of carbonyl (C=O) groups is 4. The predicted octanol–water partition coefficient (Wildman–Crippen LogP) is 1.94. The molecule has 2 aliphatic rings. The monoisotopic (exact) mass is 707 g/mol. The third-order valence-electron chi connectivity index (χ3n) is 8.77. The lowest BCUT2D eigenvalue weighted by atomic mass is 9.75. The van der Waals surface area contributed by atoms with Gasteiger partial charge in [0.1, 0.15) is 18.3 Å². The minimum Gasteiger partial charge on any atom is -1.00 e. The number of carbonyl (C=O) groups excluding carboxylic acids is 4. The van der Waals surface area contributed by atoms with Gasteiger partial charge in [-0.05, 0) is 55.7 Å². The van der Waals surface area contributed by atoms with Gasteiger partial charge in [-0.3, -0.25) is 19.2 Å². The topological polar surface area (TPSA) is 134 Å². The minimum atomic E-state index is -2.93. The minimum absolute atomic E-state index is 0. The lowest BCUT2D eigenvalue weighted by molar-refractivity contribution is -0.873. The Bertz CT molecular complexity index is 1560. The van der Waals surface area contributed by atoms with Crippen molar-refractivity contribution in [2.75, 3.05) is 39.1 Å². The summed E-state index contributed by atoms with van der Waals surface area (Å²) in [6, 6.07) is 4.77. The fourth-order valence-electron chi connectivity index (χ4n) is 6.91. The Balaban J connectivity index is 0.00000650. The summed E-state index contributed by atoms with van der Waals surface area (Å²) in [4.78, 5) is 52.1. The Labute approximate surface area is 292 Å². The number of Topliss-reactive ketones (excluding diaryl/α,β-unsaturated/α-hetero) is 1. The number of nitrogens with zero attached hydrogens (tertiary/aromatic N) is 4. The molecule has 2 aliphatic carbocycles. The van der Waals surface area contributed by atoms with Crippen LogP contribution in [0.25, 0.3) is 5.69 Å². The molecule has 1 aromatic heterocycles. The van der Waals surface area contributed by atoms with E-state index in [9.17, 15) is 28.0 Å². The van der Waals surface area contributed by atoms with E-state index in [1.54, 1.807) is 24.3 Å². The van der Waals surface area contributed by atoms with Crippen LogP contribution < -0.4 is 23.0 Å². The molecule has 1 heterocycles. The van der Waals surface area contributed by atoms with E-state index in [1.807, 2.05) is 39.9 Å². The number of ketones is 1. The van der Waals surface area contributed by atoms with Gasteiger partial charge in [0, 0.05) is 25.9 Å². The number of aromatic nitrogens is 2. The molecule has 1 saturated carbocycles. The van der Waals surface area contributed by atoms with Gasteiger partial charge >= 0.3 is 11.9 Å². The van der Waals surface area contributed by atoms with Gasteiger partial charge in [-0.25, -0.2) is 13.5 Å². The molecule has 0 saturated heterocycles. The Morgan fingerprint density at radius 1 is 1.16 bits per heavy atom. The SMILES string of the molecule is C=CCN(c1cc(-n2nc(C(F)F)c3c2CC(C)(C)CC3=O)ccc1C(N)=O)[C@H]1CC[C@H](OC(=O)CC(C[N+](C)(C)C)OC(C)=O)CC1.[Cl-]. The van der Waals surface area contributed by atoms with Gasteiger partial charge in [-0.15, -0.1) is 6.58 Å². The lowest BCUT2D eigenvalue weighted by Gasteiger charge is -2.38. The lowest BCUT2D eigenvalue weighted by Crippen LogP contribution is -3.00. The van der Waals surface area contributed by atoms with Crippen molar-refractivity contribution < 1.29 is 54.3 Å². The summed E-state index contributed by atoms with van der Waals surface area (Å²) in [6.45, 7) is 9.87. The van der Waals surface area contributed by atoms with Crippen molar-refractivity contribution in [3.63, 3.8) is 0 Å². The van der Waals surface area contributed by atoms with Gasteiger partial charge in [0.25, 0.3) is 12.3 Å². The molecular weight excluding hydrogens is 660 g/mol. The molecule has 0 radical (unpaired) electrons. The molecule has 1 atom stereocenters. The molecule has 1 fully saturated rings. The number of ether oxygens (including phenoxy) is 2. The number of nitrogens with two attached hydrogens (primary N) is 1. The third-order valence-corrected chi connectivity index (χ3v) is 8.77. The highest BCUT2D eigenvalue weighted by Gasteiger charge is 2.39. The van der Waals surface area contributed by atoms with E-state index in [0.717, 1.165) is 0 Å². The largest absolute Gasteiger partial charge is 1.00 e. The van der Waals surface area contributed by atoms with Crippen LogP contribution in [-0.2, 0) is 25.5 Å². The molecule has 49 heavy (non-hydrogen) atoms. The first-order valence-electron chi connectivity index (χ1n) is 16.3. The number of likely N-dealkylation sites (N-methyl/N-ethyl adjacent to an activating group) is 1. The summed E-state index contributed by atoms with van der Waals surface area (Å²) in [5.41, 5.74) is 6.38. The average molecular weight is 708 g/mol. The summed E-state index contributed by atoms with van der Waals surface area (Å²) in [7, 11) is 5.84. The summed E-state index contributed by atoms with van der Waals surface area (Å²) in [6.07, 6.45) is 0.686. The number of rotatable bonds is 13. The zero-order valence-electron chi connectivity index (χ0n) is 29.1. The number of primary amides is 1. The first-order valence-corrected chi connectivity index (χ1v) is 16.3. The van der Waals surface area contributed by atoms with Crippen molar-refractivity contribution in [1.82, 2.24) is 9.78 Å². The van der Waals surface area contributed by atoms with Crippen LogP contribution in [0.5, 0.6) is 0 Å². The molecule has 11 nitrogen and oxygen atoms in total. The van der Waals surface area contributed by atoms with E-state index in [-0.39, 0.29) is 54.3 Å². The first kappa shape index (κ1) is 39.6. The van der Waals surface area contributed by atoms with Crippen molar-refractivity contribution in [3.05, 3.63) is 53.4 Å². The summed E-state index contributed by atoms with van der Waals surface area (Å²) in [5, 5.41) is 4.22. The number of amides is 1. The number of anilines is 1. The van der Waals surface area contributed by atoms with Crippen LogP contribution in [0, 0.1) is 5.41 Å². The Morgan fingerprint density at radius 3 is 2.37 bits per heavy atom. The standard InChI is InChI=1S/C35H47F2N5O6.ClH/c1-8-15-40(22-9-12-24(13-10-22)48-30(45)17-25(47-21(2)43)20-42(5,6)7)27-16-23(11-14-26(27)34(38)46)41-28-18-35(3,4)19-29(44)31(28)32(39-41)33(36)37;/h8,11,14,16,22,24-25,33H,1,9-10,12-13,15,17-20H2,2-7H3,(H-,38,46);1H/t22-,24-,25?;. The number of quaternary nitrogens is 1. The molecule has 0 spiro atoms. The molecule has 1 unspecified atom stereocenters. The average Bonchev–Trinajstić information content (AvgIpc) is 3.34. The Morgan fingerprint density at radius 2 is 1.82 bits per heavy atom. The van der Waals surface area contributed by atoms with E-state index in [1.165, 1.54) is 11.6 Å². The van der Waals surface area contributed by atoms with E-state index >= 15 is 0 Å². The predicted molar refractivity (Wildman–Crippen MR) is 176 cm³/mol. The molecule has 0 bridgehead atoms. The van der Waals surface area contributed by atoms with Gasteiger partial charge < -0.3 is 37.0 Å². The number of hydrogen-bond acceptors (Lipinski definition) is 8. The maximum Gasteiger partial charge on any atom is 0.310 e. The molecule has 14 heteroatoms. The zero-order valence-corrected chi connectivity index (χ0v) is 29.9. The van der Waals surface area contributed by atoms with Gasteiger partial charge in [0.05, 0.1) is 55.8 Å². The number of halogens is 3. The molecule has 2 aromatic rings. The number of benzene rings is 1. The number of fused-ring (bicyclic) bond motifs is 1. The summed E-state index contributed by atoms with van der Waals surface area (Å²) in [5.74, 6) is -1.91. The van der Waals surface area contributed by atoms with Crippen LogP contribution >= 0.6 is 0 Å². The number of hydrogen-bond donors (Lipinski definition) is 1. The summed E-state index contributed by atoms with van der Waals surface area (Å²) < 4.78 is 41.3. The van der Waals surface area contributed by atoms with Gasteiger partial charge in [0.15, 0.2) is 11.9 Å². The molecule has 270 valence electrons. The maximum absolute atomic E-state index is 14.1. The van der Waals surface area contributed by atoms with E-state index in [0.29, 0.717) is 66.7 Å². The van der Waals surface area contributed by atoms with E-state index < -0.39 is 41.5 Å². The quantitative estimate of drug-likeness (QED) is 0.190. The molecule has 4 rings (SSSR count). The zero-order chi connectivity index (χ0) is 35.6. The van der Waals surface area contributed by atoms with Crippen LogP contribution in [0.4, 0.5) is 14.5 Å². The van der Waals surface area contributed by atoms with Gasteiger partial charge in [0.2, 0.25) is 0 Å². The highest BCUT2D eigenvalue weighted by molar-refractivity contribution is 6.01. The van der Waals surface area contributed by atoms with Crippen LogP contribution in [0.3, 0.4) is 0 Å². The van der Waals surface area contributed by atoms with Crippen molar-refractivity contribution in [3.8, 4) is 5.69 Å². The van der Waals surface area contributed by atoms with Crippen molar-refractivity contribution in [1.29, 1.82) is 0 Å². The van der Waals surface area contributed by atoms with Crippen LogP contribution in [0.15, 0.2) is 30.9 Å². The highest BCUT2D eigenvalue weighted by Crippen LogP contribution is 2.40. The van der Waals surface area contributed by atoms with Crippen molar-refractivity contribution >= 4 is 29.3 Å². The van der Waals surface area contributed by atoms with E-state index in [2.05, 4.69) is 11.7 Å². The van der Waals surface area contributed by atoms with E-state index in [4.69, 9.17) is 15.2 Å². The fraction of sp³-hybridized carbons (Fsp3) is 0.571. The third kappa shape index (κ3) is 9.87. The molecule has 2 N–H and O–H groups in total. The van der Waals surface area contributed by atoms with Crippen molar-refractivity contribution in [2.24, 2.45) is 11.1 Å². The second kappa shape index (κ2) is 15.8. The van der Waals surface area contributed by atoms with Crippen molar-refractivity contribution in [2.45, 2.75) is 90.4 Å². The molecule has 0 aliphatic heterocycles. The summed E-state index contributed by atoms with van der Waals surface area (Å²) >= 11 is 0. The second-order valence-corrected chi connectivity index (χ2v) is 14.7. The van der Waals surface area contributed by atoms with Crippen LogP contribution in [-0.4, -0.2) is 90.4 Å². The highest BCUT2D eigenvalue weighted by atomic mass is 35.5. The van der Waals surface area contributed by atoms with Gasteiger partial charge in [-0.2, -0.15) is 5.10 Å². The number of alkyl halides is 2. The fourth-order valence-corrected chi connectivity index (χ4v) is 6.91. The Kier molecular flexibility index (Phi) is 12.8. The van der Waals surface area contributed by atoms with Crippen LogP contribution in [0.1, 0.15) is 97.8 Å². The Hall–Kier alpha value is -3.84. The normalized spacial score (nSPS) is 19.3. The number of esters is 2.